The zero-order valence-corrected chi connectivity index (χ0v) is 18.1. The molecule has 6 nitrogen and oxygen atoms in total. The third-order valence-electron chi connectivity index (χ3n) is 6.77. The molecule has 162 valence electrons. The van der Waals surface area contributed by atoms with Crippen LogP contribution in [0.3, 0.4) is 0 Å². The maximum absolute atomic E-state index is 12.7. The molecule has 2 aliphatic rings. The first-order valence-electron chi connectivity index (χ1n) is 11.3. The Kier molecular flexibility index (Phi) is 6.72. The summed E-state index contributed by atoms with van der Waals surface area (Å²) in [5.74, 6) is 1.25. The van der Waals surface area contributed by atoms with Crippen molar-refractivity contribution in [2.24, 2.45) is 5.41 Å². The molecule has 1 aromatic heterocycles. The smallest absolute Gasteiger partial charge is 0.242 e. The van der Waals surface area contributed by atoms with E-state index < -0.39 is 0 Å². The summed E-state index contributed by atoms with van der Waals surface area (Å²) in [5.41, 5.74) is 1.63. The van der Waals surface area contributed by atoms with Crippen molar-refractivity contribution in [2.45, 2.75) is 45.1 Å². The second kappa shape index (κ2) is 9.65. The Morgan fingerprint density at radius 2 is 1.97 bits per heavy atom. The number of likely N-dealkylation sites (tertiary alicyclic amines) is 1. The fourth-order valence-electron chi connectivity index (χ4n) is 4.98. The quantitative estimate of drug-likeness (QED) is 0.763. The third-order valence-corrected chi connectivity index (χ3v) is 6.77. The molecule has 0 radical (unpaired) electrons. The summed E-state index contributed by atoms with van der Waals surface area (Å²) in [6.07, 6.45) is 12.2. The molecule has 1 fully saturated rings. The fourth-order valence-corrected chi connectivity index (χ4v) is 4.98. The maximum atomic E-state index is 12.7. The van der Waals surface area contributed by atoms with Crippen molar-refractivity contribution in [3.63, 3.8) is 0 Å². The van der Waals surface area contributed by atoms with Gasteiger partial charge in [-0.1, -0.05) is 24.6 Å². The van der Waals surface area contributed by atoms with Gasteiger partial charge in [0.05, 0.1) is 6.33 Å². The van der Waals surface area contributed by atoms with Crippen LogP contribution in [0.1, 0.15) is 37.7 Å². The Labute approximate surface area is 179 Å². The number of piperidine rings is 1. The molecule has 0 atom stereocenters. The van der Waals surface area contributed by atoms with Crippen LogP contribution in [-0.4, -0.2) is 65.1 Å². The Morgan fingerprint density at radius 1 is 1.13 bits per heavy atom. The molecular weight excluding hydrogens is 376 g/mol. The number of hydrogen-bond acceptors (Lipinski definition) is 4. The summed E-state index contributed by atoms with van der Waals surface area (Å²) in [6, 6.07) is 8.47. The van der Waals surface area contributed by atoms with Gasteiger partial charge < -0.3 is 19.1 Å². The van der Waals surface area contributed by atoms with Gasteiger partial charge >= 0.3 is 0 Å². The molecule has 1 spiro atoms. The molecule has 0 saturated carbocycles. The lowest BCUT2D eigenvalue weighted by Crippen LogP contribution is -2.48. The molecular formula is C24H34N4O2. The highest BCUT2D eigenvalue weighted by molar-refractivity contribution is 5.76. The normalized spacial score (nSPS) is 20.6. The van der Waals surface area contributed by atoms with Crippen LogP contribution in [0, 0.1) is 5.41 Å². The molecule has 0 N–H and O–H groups in total. The highest BCUT2D eigenvalue weighted by Gasteiger charge is 2.36. The number of amides is 1. The highest BCUT2D eigenvalue weighted by atomic mass is 16.5. The van der Waals surface area contributed by atoms with Gasteiger partial charge in [-0.3, -0.25) is 4.79 Å². The number of para-hydroxylation sites is 1. The lowest BCUT2D eigenvalue weighted by Gasteiger charge is -2.44. The van der Waals surface area contributed by atoms with E-state index in [1.54, 1.807) is 12.5 Å². The van der Waals surface area contributed by atoms with Crippen molar-refractivity contribution in [1.29, 1.82) is 0 Å². The predicted molar refractivity (Wildman–Crippen MR) is 117 cm³/mol. The number of likely N-dealkylation sites (N-methyl/N-ethyl adjacent to an activating group) is 1. The van der Waals surface area contributed by atoms with Gasteiger partial charge in [-0.05, 0) is 56.2 Å². The minimum Gasteiger partial charge on any atom is -0.492 e. The number of ether oxygens (including phenoxy) is 1. The van der Waals surface area contributed by atoms with Crippen LogP contribution in [0.2, 0.25) is 0 Å². The van der Waals surface area contributed by atoms with Gasteiger partial charge in [0.25, 0.3) is 0 Å². The molecule has 0 aliphatic carbocycles. The van der Waals surface area contributed by atoms with Gasteiger partial charge in [0.1, 0.15) is 18.9 Å². The average Bonchev–Trinajstić information content (AvgIpc) is 3.25. The standard InChI is InChI=1S/C24H34N4O2/c1-26-16-17-30-22-8-3-2-6-21(22)7-4-5-9-24(19-26)10-13-28(14-11-24)23(29)18-27-15-12-25-20-27/h2-3,6,8,12,15,20H,4-5,7,9-11,13-14,16-19H2,1H3. The topological polar surface area (TPSA) is 50.6 Å². The van der Waals surface area contributed by atoms with E-state index >= 15 is 0 Å². The Balaban J connectivity index is 1.37. The van der Waals surface area contributed by atoms with E-state index in [0.29, 0.717) is 12.0 Å². The van der Waals surface area contributed by atoms with Gasteiger partial charge in [0, 0.05) is 38.6 Å². The van der Waals surface area contributed by atoms with Crippen LogP contribution in [0.15, 0.2) is 43.0 Å². The van der Waals surface area contributed by atoms with Crippen molar-refractivity contribution >= 4 is 5.91 Å². The van der Waals surface area contributed by atoms with E-state index in [1.807, 2.05) is 15.7 Å². The van der Waals surface area contributed by atoms with Gasteiger partial charge in [-0.2, -0.15) is 0 Å². The number of imidazole rings is 1. The fraction of sp³-hybridized carbons (Fsp3) is 0.583. The highest BCUT2D eigenvalue weighted by Crippen LogP contribution is 2.38. The lowest BCUT2D eigenvalue weighted by atomic mass is 9.73. The van der Waals surface area contributed by atoms with Crippen LogP contribution in [0.25, 0.3) is 0 Å². The van der Waals surface area contributed by atoms with Crippen LogP contribution in [0.4, 0.5) is 0 Å². The minimum absolute atomic E-state index is 0.203. The van der Waals surface area contributed by atoms with E-state index in [0.717, 1.165) is 57.8 Å². The second-order valence-electron chi connectivity index (χ2n) is 9.02. The van der Waals surface area contributed by atoms with Gasteiger partial charge in [0.15, 0.2) is 0 Å². The largest absolute Gasteiger partial charge is 0.492 e. The number of nitrogens with zero attached hydrogens (tertiary/aromatic N) is 4. The first-order chi connectivity index (χ1) is 14.6. The molecule has 2 aliphatic heterocycles. The van der Waals surface area contributed by atoms with Crippen LogP contribution in [-0.2, 0) is 17.8 Å². The molecule has 3 heterocycles. The van der Waals surface area contributed by atoms with Crippen molar-refractivity contribution in [3.8, 4) is 5.75 Å². The van der Waals surface area contributed by atoms with Crippen LogP contribution < -0.4 is 4.74 Å². The van der Waals surface area contributed by atoms with Gasteiger partial charge in [-0.25, -0.2) is 4.98 Å². The molecule has 6 heteroatoms. The number of carbonyl (C=O) groups is 1. The zero-order chi connectivity index (χ0) is 20.8. The molecule has 1 aromatic carbocycles. The average molecular weight is 411 g/mol. The van der Waals surface area contributed by atoms with E-state index in [1.165, 1.54) is 24.8 Å². The number of aryl methyl sites for hydroxylation is 1. The number of hydrogen-bond donors (Lipinski definition) is 0. The number of carbonyl (C=O) groups excluding carboxylic acids is 1. The van der Waals surface area contributed by atoms with E-state index in [-0.39, 0.29) is 5.91 Å². The third kappa shape index (κ3) is 5.22. The first-order valence-corrected chi connectivity index (χ1v) is 11.3. The molecule has 4 rings (SSSR count). The maximum Gasteiger partial charge on any atom is 0.242 e. The van der Waals surface area contributed by atoms with E-state index in [2.05, 4.69) is 41.2 Å². The van der Waals surface area contributed by atoms with Gasteiger partial charge in [0.2, 0.25) is 5.91 Å². The summed E-state index contributed by atoms with van der Waals surface area (Å²) >= 11 is 0. The Morgan fingerprint density at radius 3 is 2.77 bits per heavy atom. The van der Waals surface area contributed by atoms with Crippen molar-refractivity contribution in [1.82, 2.24) is 19.4 Å². The minimum atomic E-state index is 0.203. The number of fused-ring (bicyclic) bond motifs is 1. The number of benzene rings is 1. The van der Waals surface area contributed by atoms with Crippen LogP contribution >= 0.6 is 0 Å². The molecule has 0 unspecified atom stereocenters. The molecule has 0 bridgehead atoms. The van der Waals surface area contributed by atoms with Crippen LogP contribution in [0.5, 0.6) is 5.75 Å². The van der Waals surface area contributed by atoms with Crippen molar-refractivity contribution < 1.29 is 9.53 Å². The Bertz CT molecular complexity index is 812. The molecule has 30 heavy (non-hydrogen) atoms. The summed E-state index contributed by atoms with van der Waals surface area (Å²) in [5, 5.41) is 0. The van der Waals surface area contributed by atoms with E-state index in [4.69, 9.17) is 4.74 Å². The SMILES string of the molecule is CN1CCOc2ccccc2CCCCC2(CCN(C(=O)Cn3ccnc3)CC2)C1. The first kappa shape index (κ1) is 20.9. The molecule has 1 saturated heterocycles. The monoisotopic (exact) mass is 410 g/mol. The molecule has 1 amide bonds. The summed E-state index contributed by atoms with van der Waals surface area (Å²) in [6.45, 7) is 4.85. The number of aromatic nitrogens is 2. The summed E-state index contributed by atoms with van der Waals surface area (Å²) in [4.78, 5) is 21.2. The lowest BCUT2D eigenvalue weighted by molar-refractivity contribution is -0.134. The Hall–Kier alpha value is -2.34. The summed E-state index contributed by atoms with van der Waals surface area (Å²) in [7, 11) is 2.21. The zero-order valence-electron chi connectivity index (χ0n) is 18.1. The van der Waals surface area contributed by atoms with Crippen molar-refractivity contribution in [3.05, 3.63) is 48.5 Å². The van der Waals surface area contributed by atoms with E-state index in [9.17, 15) is 4.79 Å². The van der Waals surface area contributed by atoms with Gasteiger partial charge in [-0.15, -0.1) is 0 Å². The van der Waals surface area contributed by atoms with Crippen molar-refractivity contribution in [2.75, 3.05) is 39.8 Å². The predicted octanol–water partition coefficient (Wildman–Crippen LogP) is 3.23. The second-order valence-corrected chi connectivity index (χ2v) is 9.02. The molecule has 2 aromatic rings. The summed E-state index contributed by atoms with van der Waals surface area (Å²) < 4.78 is 7.96. The number of rotatable bonds is 2.